The zero-order chi connectivity index (χ0) is 12.5. The van der Waals surface area contributed by atoms with E-state index < -0.39 is 11.4 Å². The molecule has 1 heterocycles. The topological polar surface area (TPSA) is 43.4 Å². The van der Waals surface area contributed by atoms with E-state index >= 15 is 0 Å². The zero-order valence-electron chi connectivity index (χ0n) is 10.1. The maximum absolute atomic E-state index is 11.9. The highest BCUT2D eigenvalue weighted by Gasteiger charge is 2.44. The van der Waals surface area contributed by atoms with E-state index in [1.165, 1.54) is 0 Å². The summed E-state index contributed by atoms with van der Waals surface area (Å²) in [5.74, 6) is -0.721. The summed E-state index contributed by atoms with van der Waals surface area (Å²) in [7, 11) is 0. The van der Waals surface area contributed by atoms with Crippen molar-refractivity contribution in [2.24, 2.45) is 0 Å². The van der Waals surface area contributed by atoms with Crippen LogP contribution in [0.5, 0.6) is 0 Å². The highest BCUT2D eigenvalue weighted by atomic mass is 16.5. The van der Waals surface area contributed by atoms with Crippen molar-refractivity contribution in [2.45, 2.75) is 38.4 Å². The Morgan fingerprint density at radius 3 is 2.59 bits per heavy atom. The summed E-state index contributed by atoms with van der Waals surface area (Å²) in [5.41, 5.74) is 0.000995. The lowest BCUT2D eigenvalue weighted by atomic mass is 9.85. The average Bonchev–Trinajstić information content (AvgIpc) is 2.27. The Morgan fingerprint density at radius 1 is 1.29 bits per heavy atom. The molecule has 1 aliphatic heterocycles. The molecule has 0 amide bonds. The molecule has 3 nitrogen and oxygen atoms in total. The minimum atomic E-state index is -1.00. The van der Waals surface area contributed by atoms with E-state index in [9.17, 15) is 9.59 Å². The lowest BCUT2D eigenvalue weighted by Crippen LogP contribution is -2.51. The number of carbonyl (C=O) groups is 2. The fourth-order valence-electron chi connectivity index (χ4n) is 2.30. The van der Waals surface area contributed by atoms with Crippen molar-refractivity contribution in [1.82, 2.24) is 0 Å². The van der Waals surface area contributed by atoms with Crippen molar-refractivity contribution >= 4 is 11.6 Å². The van der Waals surface area contributed by atoms with Gasteiger partial charge in [-0.3, -0.25) is 9.59 Å². The second-order valence-electron chi connectivity index (χ2n) is 4.78. The van der Waals surface area contributed by atoms with Gasteiger partial charge in [0.1, 0.15) is 5.60 Å². The predicted octanol–water partition coefficient (Wildman–Crippen LogP) is 1.93. The molecule has 0 spiro atoms. The fourth-order valence-corrected chi connectivity index (χ4v) is 2.30. The first-order valence-corrected chi connectivity index (χ1v) is 5.81. The molecule has 1 aromatic rings. The first kappa shape index (κ1) is 12.0. The first-order chi connectivity index (χ1) is 8.01. The molecule has 1 saturated heterocycles. The summed E-state index contributed by atoms with van der Waals surface area (Å²) in [5, 5.41) is 0. The van der Waals surface area contributed by atoms with Crippen molar-refractivity contribution in [1.29, 1.82) is 0 Å². The molecule has 2 atom stereocenters. The van der Waals surface area contributed by atoms with Crippen molar-refractivity contribution < 1.29 is 14.3 Å². The number of ketones is 2. The summed E-state index contributed by atoms with van der Waals surface area (Å²) >= 11 is 0. The SMILES string of the molecule is CC1CC(=O)C(=O)C(C)(Cc2ccccc2)O1. The number of hydrogen-bond donors (Lipinski definition) is 0. The van der Waals surface area contributed by atoms with Crippen LogP contribution in [0.3, 0.4) is 0 Å². The van der Waals surface area contributed by atoms with Crippen LogP contribution in [0, 0.1) is 0 Å². The number of hydrogen-bond acceptors (Lipinski definition) is 3. The Morgan fingerprint density at radius 2 is 1.94 bits per heavy atom. The molecule has 0 aliphatic carbocycles. The molecule has 2 unspecified atom stereocenters. The maximum atomic E-state index is 11.9. The van der Waals surface area contributed by atoms with Crippen LogP contribution in [-0.4, -0.2) is 23.3 Å². The average molecular weight is 232 g/mol. The van der Waals surface area contributed by atoms with Crippen LogP contribution in [0.2, 0.25) is 0 Å². The molecule has 1 aliphatic rings. The third-order valence-electron chi connectivity index (χ3n) is 3.05. The molecule has 0 bridgehead atoms. The quantitative estimate of drug-likeness (QED) is 0.732. The number of benzene rings is 1. The van der Waals surface area contributed by atoms with E-state index in [0.717, 1.165) is 5.56 Å². The smallest absolute Gasteiger partial charge is 0.230 e. The Bertz CT molecular complexity index is 438. The Balaban J connectivity index is 2.23. The summed E-state index contributed by atoms with van der Waals surface area (Å²) < 4.78 is 5.69. The molecule has 0 saturated carbocycles. The molecule has 2 rings (SSSR count). The third-order valence-corrected chi connectivity index (χ3v) is 3.05. The Kier molecular flexibility index (Phi) is 3.11. The largest absolute Gasteiger partial charge is 0.363 e. The lowest BCUT2D eigenvalue weighted by Gasteiger charge is -2.35. The van der Waals surface area contributed by atoms with Crippen LogP contribution in [-0.2, 0) is 20.7 Å². The van der Waals surface area contributed by atoms with Gasteiger partial charge in [0.25, 0.3) is 0 Å². The Hall–Kier alpha value is -1.48. The van der Waals surface area contributed by atoms with E-state index in [1.54, 1.807) is 6.92 Å². The van der Waals surface area contributed by atoms with E-state index in [2.05, 4.69) is 0 Å². The van der Waals surface area contributed by atoms with Gasteiger partial charge in [0.05, 0.1) is 6.10 Å². The number of ether oxygens (including phenoxy) is 1. The minimum absolute atomic E-state index is 0.186. The van der Waals surface area contributed by atoms with Gasteiger partial charge < -0.3 is 4.74 Å². The molecule has 0 N–H and O–H groups in total. The van der Waals surface area contributed by atoms with Gasteiger partial charge in [0, 0.05) is 12.8 Å². The van der Waals surface area contributed by atoms with E-state index in [1.807, 2.05) is 37.3 Å². The molecule has 3 heteroatoms. The summed E-state index contributed by atoms with van der Waals surface area (Å²) in [4.78, 5) is 23.5. The van der Waals surface area contributed by atoms with Crippen LogP contribution in [0.1, 0.15) is 25.8 Å². The number of rotatable bonds is 2. The van der Waals surface area contributed by atoms with Crippen LogP contribution in [0.15, 0.2) is 30.3 Å². The second-order valence-corrected chi connectivity index (χ2v) is 4.78. The van der Waals surface area contributed by atoms with Crippen molar-refractivity contribution in [3.63, 3.8) is 0 Å². The standard InChI is InChI=1S/C14H16O3/c1-10-8-12(15)13(16)14(2,17-10)9-11-6-4-3-5-7-11/h3-7,10H,8-9H2,1-2H3. The second kappa shape index (κ2) is 4.41. The molecular formula is C14H16O3. The maximum Gasteiger partial charge on any atom is 0.230 e. The van der Waals surface area contributed by atoms with Crippen molar-refractivity contribution in [3.8, 4) is 0 Å². The molecule has 1 aromatic carbocycles. The minimum Gasteiger partial charge on any atom is -0.363 e. The van der Waals surface area contributed by atoms with Crippen LogP contribution in [0.25, 0.3) is 0 Å². The highest BCUT2D eigenvalue weighted by Crippen LogP contribution is 2.27. The molecular weight excluding hydrogens is 216 g/mol. The molecule has 17 heavy (non-hydrogen) atoms. The third kappa shape index (κ3) is 2.44. The van der Waals surface area contributed by atoms with E-state index in [0.29, 0.717) is 6.42 Å². The first-order valence-electron chi connectivity index (χ1n) is 5.81. The molecule has 90 valence electrons. The predicted molar refractivity (Wildman–Crippen MR) is 63.7 cm³/mol. The van der Waals surface area contributed by atoms with Gasteiger partial charge in [-0.2, -0.15) is 0 Å². The van der Waals surface area contributed by atoms with Crippen LogP contribution >= 0.6 is 0 Å². The van der Waals surface area contributed by atoms with Crippen LogP contribution in [0.4, 0.5) is 0 Å². The van der Waals surface area contributed by atoms with Gasteiger partial charge in [-0.1, -0.05) is 30.3 Å². The molecule has 0 aromatic heterocycles. The zero-order valence-corrected chi connectivity index (χ0v) is 10.1. The summed E-state index contributed by atoms with van der Waals surface area (Å²) in [6, 6.07) is 9.62. The fraction of sp³-hybridized carbons (Fsp3) is 0.429. The van der Waals surface area contributed by atoms with Crippen molar-refractivity contribution in [3.05, 3.63) is 35.9 Å². The van der Waals surface area contributed by atoms with Gasteiger partial charge in [-0.25, -0.2) is 0 Å². The number of carbonyl (C=O) groups excluding carboxylic acids is 2. The monoisotopic (exact) mass is 232 g/mol. The lowest BCUT2D eigenvalue weighted by molar-refractivity contribution is -0.167. The normalized spacial score (nSPS) is 29.4. The van der Waals surface area contributed by atoms with Gasteiger partial charge in [0.15, 0.2) is 0 Å². The van der Waals surface area contributed by atoms with E-state index in [4.69, 9.17) is 4.74 Å². The molecule has 1 fully saturated rings. The van der Waals surface area contributed by atoms with Gasteiger partial charge in [-0.15, -0.1) is 0 Å². The molecule has 0 radical (unpaired) electrons. The van der Waals surface area contributed by atoms with Gasteiger partial charge in [-0.05, 0) is 19.4 Å². The van der Waals surface area contributed by atoms with Gasteiger partial charge >= 0.3 is 0 Å². The van der Waals surface area contributed by atoms with Crippen LogP contribution < -0.4 is 0 Å². The number of Topliss-reactive ketones (excluding diaryl/α,β-unsaturated/α-hetero) is 2. The highest BCUT2D eigenvalue weighted by molar-refractivity contribution is 6.40. The Labute approximate surface area is 101 Å². The summed E-state index contributed by atoms with van der Waals surface area (Å²) in [6.45, 7) is 3.53. The van der Waals surface area contributed by atoms with Crippen molar-refractivity contribution in [2.75, 3.05) is 0 Å². The van der Waals surface area contributed by atoms with Gasteiger partial charge in [0.2, 0.25) is 11.6 Å². The summed E-state index contributed by atoms with van der Waals surface area (Å²) in [6.07, 6.45) is 0.459. The van der Waals surface area contributed by atoms with E-state index in [-0.39, 0.29) is 18.3 Å².